The topological polar surface area (TPSA) is 82.7 Å². The second kappa shape index (κ2) is 7.54. The van der Waals surface area contributed by atoms with Crippen molar-refractivity contribution in [2.75, 3.05) is 11.5 Å². The minimum absolute atomic E-state index is 0.201. The SMILES string of the molecule is CCSCC(=O)N[C@@H](Cc1coc2ccccc12)B(O)O. The third kappa shape index (κ3) is 4.26. The predicted octanol–water partition coefficient (Wildman–Crippen LogP) is 1.23. The largest absolute Gasteiger partial charge is 0.475 e. The highest BCUT2D eigenvalue weighted by atomic mass is 32.2. The first-order valence-corrected chi connectivity index (χ1v) is 7.95. The molecular formula is C14H18BNO4S. The third-order valence-corrected chi connectivity index (χ3v) is 4.02. The van der Waals surface area contributed by atoms with Crippen molar-refractivity contribution >= 4 is 35.8 Å². The summed E-state index contributed by atoms with van der Waals surface area (Å²) < 4.78 is 5.42. The van der Waals surface area contributed by atoms with Crippen LogP contribution in [0.1, 0.15) is 12.5 Å². The van der Waals surface area contributed by atoms with Crippen LogP contribution in [-0.4, -0.2) is 40.5 Å². The Morgan fingerprint density at radius 3 is 2.90 bits per heavy atom. The molecule has 2 rings (SSSR count). The van der Waals surface area contributed by atoms with Crippen molar-refractivity contribution in [2.45, 2.75) is 19.3 Å². The second-order valence-corrected chi connectivity index (χ2v) is 5.96. The molecule has 1 amide bonds. The summed E-state index contributed by atoms with van der Waals surface area (Å²) in [5.74, 6) is 0.196. The molecule has 0 spiro atoms. The average Bonchev–Trinajstić information content (AvgIpc) is 2.87. The first-order chi connectivity index (χ1) is 10.1. The molecule has 0 aliphatic carbocycles. The fourth-order valence-corrected chi connectivity index (χ4v) is 2.57. The summed E-state index contributed by atoms with van der Waals surface area (Å²) in [6.07, 6.45) is 1.89. The average molecular weight is 307 g/mol. The molecule has 1 aromatic carbocycles. The van der Waals surface area contributed by atoms with Crippen molar-refractivity contribution in [3.05, 3.63) is 36.1 Å². The molecule has 1 atom stereocenters. The molecule has 5 nitrogen and oxygen atoms in total. The normalized spacial score (nSPS) is 12.3. The number of para-hydroxylation sites is 1. The number of thioether (sulfide) groups is 1. The molecule has 21 heavy (non-hydrogen) atoms. The fourth-order valence-electron chi connectivity index (χ4n) is 2.10. The Bertz CT molecular complexity index is 601. The van der Waals surface area contributed by atoms with Gasteiger partial charge in [0.25, 0.3) is 0 Å². The van der Waals surface area contributed by atoms with E-state index in [0.717, 1.165) is 22.3 Å². The van der Waals surface area contributed by atoms with Gasteiger partial charge in [-0.25, -0.2) is 0 Å². The van der Waals surface area contributed by atoms with Crippen LogP contribution in [-0.2, 0) is 11.2 Å². The summed E-state index contributed by atoms with van der Waals surface area (Å²) in [7, 11) is -1.62. The van der Waals surface area contributed by atoms with Crippen LogP contribution in [0, 0.1) is 0 Å². The van der Waals surface area contributed by atoms with Crippen LogP contribution in [0.3, 0.4) is 0 Å². The summed E-state index contributed by atoms with van der Waals surface area (Å²) in [5, 5.41) is 22.5. The molecule has 0 aliphatic heterocycles. The lowest BCUT2D eigenvalue weighted by Gasteiger charge is -2.17. The lowest BCUT2D eigenvalue weighted by molar-refractivity contribution is -0.118. The molecule has 1 aromatic heterocycles. The van der Waals surface area contributed by atoms with Crippen molar-refractivity contribution in [1.82, 2.24) is 5.32 Å². The van der Waals surface area contributed by atoms with Crippen molar-refractivity contribution in [2.24, 2.45) is 0 Å². The zero-order chi connectivity index (χ0) is 15.2. The first kappa shape index (κ1) is 15.9. The van der Waals surface area contributed by atoms with E-state index < -0.39 is 13.1 Å². The molecule has 0 saturated heterocycles. The number of amides is 1. The molecule has 3 N–H and O–H groups in total. The Hall–Kier alpha value is -1.44. The molecule has 1 heterocycles. The van der Waals surface area contributed by atoms with E-state index in [4.69, 9.17) is 4.42 Å². The van der Waals surface area contributed by atoms with Crippen LogP contribution in [0.4, 0.5) is 0 Å². The maximum Gasteiger partial charge on any atom is 0.475 e. The van der Waals surface area contributed by atoms with E-state index in [1.165, 1.54) is 11.8 Å². The second-order valence-electron chi connectivity index (χ2n) is 4.69. The van der Waals surface area contributed by atoms with E-state index in [1.54, 1.807) is 6.26 Å². The summed E-state index contributed by atoms with van der Waals surface area (Å²) in [6.45, 7) is 1.97. The van der Waals surface area contributed by atoms with Gasteiger partial charge in [0.05, 0.1) is 18.0 Å². The molecule has 0 radical (unpaired) electrons. The zero-order valence-electron chi connectivity index (χ0n) is 11.8. The molecule has 0 saturated carbocycles. The highest BCUT2D eigenvalue weighted by Crippen LogP contribution is 2.22. The summed E-state index contributed by atoms with van der Waals surface area (Å²) in [6, 6.07) is 7.52. The van der Waals surface area contributed by atoms with Gasteiger partial charge in [-0.15, -0.1) is 0 Å². The number of hydrogen-bond acceptors (Lipinski definition) is 5. The van der Waals surface area contributed by atoms with E-state index in [9.17, 15) is 14.8 Å². The van der Waals surface area contributed by atoms with Gasteiger partial charge >= 0.3 is 7.12 Å². The lowest BCUT2D eigenvalue weighted by atomic mass is 9.76. The molecule has 2 aromatic rings. The van der Waals surface area contributed by atoms with Gasteiger partial charge in [-0.1, -0.05) is 25.1 Å². The number of furan rings is 1. The van der Waals surface area contributed by atoms with E-state index in [2.05, 4.69) is 5.32 Å². The summed E-state index contributed by atoms with van der Waals surface area (Å²) in [5.41, 5.74) is 1.58. The molecule has 7 heteroatoms. The highest BCUT2D eigenvalue weighted by Gasteiger charge is 2.26. The van der Waals surface area contributed by atoms with Crippen molar-refractivity contribution in [3.8, 4) is 0 Å². The lowest BCUT2D eigenvalue weighted by Crippen LogP contribution is -2.48. The smallest absolute Gasteiger partial charge is 0.464 e. The maximum absolute atomic E-state index is 11.7. The first-order valence-electron chi connectivity index (χ1n) is 6.80. The van der Waals surface area contributed by atoms with Gasteiger partial charge < -0.3 is 19.8 Å². The Kier molecular flexibility index (Phi) is 5.72. The van der Waals surface area contributed by atoms with Crippen LogP contribution >= 0.6 is 11.8 Å². The standard InChI is InChI=1S/C14H18BNO4S/c1-2-21-9-14(17)16-13(15(18)19)7-10-8-20-12-6-4-3-5-11(10)12/h3-6,8,13,18-19H,2,7,9H2,1H3,(H,16,17)/t13-/m0/s1. The van der Waals surface area contributed by atoms with Crippen molar-refractivity contribution in [1.29, 1.82) is 0 Å². The van der Waals surface area contributed by atoms with Gasteiger partial charge in [-0.05, 0) is 23.8 Å². The minimum atomic E-state index is -1.62. The quantitative estimate of drug-likeness (QED) is 0.670. The zero-order valence-corrected chi connectivity index (χ0v) is 12.6. The molecular weight excluding hydrogens is 289 g/mol. The van der Waals surface area contributed by atoms with Gasteiger partial charge in [-0.3, -0.25) is 4.79 Å². The van der Waals surface area contributed by atoms with Crippen molar-refractivity contribution in [3.63, 3.8) is 0 Å². The van der Waals surface area contributed by atoms with Gasteiger partial charge in [0.15, 0.2) is 0 Å². The minimum Gasteiger partial charge on any atom is -0.464 e. The van der Waals surface area contributed by atoms with Crippen LogP contribution in [0.15, 0.2) is 34.9 Å². The predicted molar refractivity (Wildman–Crippen MR) is 85.0 cm³/mol. The number of nitrogens with one attached hydrogen (secondary N) is 1. The fraction of sp³-hybridized carbons (Fsp3) is 0.357. The molecule has 0 unspecified atom stereocenters. The molecule has 112 valence electrons. The Morgan fingerprint density at radius 1 is 1.43 bits per heavy atom. The van der Waals surface area contributed by atoms with Crippen LogP contribution in [0.2, 0.25) is 0 Å². The monoisotopic (exact) mass is 307 g/mol. The van der Waals surface area contributed by atoms with E-state index in [0.29, 0.717) is 12.2 Å². The maximum atomic E-state index is 11.7. The summed E-state index contributed by atoms with van der Waals surface area (Å²) >= 11 is 1.49. The number of carbonyl (C=O) groups excluding carboxylic acids is 1. The van der Waals surface area contributed by atoms with E-state index in [-0.39, 0.29) is 5.91 Å². The van der Waals surface area contributed by atoms with E-state index >= 15 is 0 Å². The Balaban J connectivity index is 2.07. The number of carbonyl (C=O) groups is 1. The van der Waals surface area contributed by atoms with Crippen molar-refractivity contribution < 1.29 is 19.3 Å². The molecule has 0 bridgehead atoms. The van der Waals surface area contributed by atoms with Crippen LogP contribution < -0.4 is 5.32 Å². The Morgan fingerprint density at radius 2 is 2.19 bits per heavy atom. The number of rotatable bonds is 7. The van der Waals surface area contributed by atoms with E-state index in [1.807, 2.05) is 31.2 Å². The number of fused-ring (bicyclic) bond motifs is 1. The Labute approximate surface area is 127 Å². The van der Waals surface area contributed by atoms with Gasteiger partial charge in [0.1, 0.15) is 5.58 Å². The van der Waals surface area contributed by atoms with Crippen LogP contribution in [0.25, 0.3) is 11.0 Å². The van der Waals surface area contributed by atoms with Crippen LogP contribution in [0.5, 0.6) is 0 Å². The highest BCUT2D eigenvalue weighted by molar-refractivity contribution is 7.99. The van der Waals surface area contributed by atoms with Gasteiger partial charge in [0.2, 0.25) is 5.91 Å². The third-order valence-electron chi connectivity index (χ3n) is 3.14. The number of hydrogen-bond donors (Lipinski definition) is 3. The molecule has 0 aliphatic rings. The van der Waals surface area contributed by atoms with Gasteiger partial charge in [-0.2, -0.15) is 11.8 Å². The van der Waals surface area contributed by atoms with Gasteiger partial charge in [0, 0.05) is 5.39 Å². The summed E-state index contributed by atoms with van der Waals surface area (Å²) in [4.78, 5) is 11.7. The molecule has 0 fully saturated rings. The number of benzene rings is 1.